The molecule has 5 nitrogen and oxygen atoms in total. The molecule has 0 saturated carbocycles. The van der Waals surface area contributed by atoms with Crippen molar-refractivity contribution in [2.45, 2.75) is 19.8 Å². The molecule has 6 heteroatoms. The van der Waals surface area contributed by atoms with Gasteiger partial charge in [-0.3, -0.25) is 10.1 Å². The van der Waals surface area contributed by atoms with E-state index in [9.17, 15) is 4.79 Å². The van der Waals surface area contributed by atoms with Crippen LogP contribution in [0.15, 0.2) is 24.3 Å². The van der Waals surface area contributed by atoms with Crippen LogP contribution >= 0.6 is 11.3 Å². The number of benzene rings is 1. The fraction of sp³-hybridized carbons (Fsp3) is 0.308. The van der Waals surface area contributed by atoms with Crippen LogP contribution < -0.4 is 11.1 Å². The van der Waals surface area contributed by atoms with Crippen LogP contribution in [-0.4, -0.2) is 22.6 Å². The van der Waals surface area contributed by atoms with Gasteiger partial charge in [-0.25, -0.2) is 0 Å². The van der Waals surface area contributed by atoms with E-state index in [1.54, 1.807) is 0 Å². The van der Waals surface area contributed by atoms with Gasteiger partial charge in [0.1, 0.15) is 5.01 Å². The summed E-state index contributed by atoms with van der Waals surface area (Å²) >= 11 is 1.39. The van der Waals surface area contributed by atoms with Crippen molar-refractivity contribution >= 4 is 22.4 Å². The lowest BCUT2D eigenvalue weighted by molar-refractivity contribution is -0.114. The standard InChI is InChI=1S/C13H16N4OS/c1-9-2-4-10(5-3-9)6-7-12-16-17-13(19-12)15-11(18)8-14/h2-5H,6-8,14H2,1H3,(H,15,17,18). The number of nitrogens with one attached hydrogen (secondary N) is 1. The number of nitrogens with zero attached hydrogens (tertiary/aromatic N) is 2. The Morgan fingerprint density at radius 2 is 2.00 bits per heavy atom. The quantitative estimate of drug-likeness (QED) is 0.867. The predicted molar refractivity (Wildman–Crippen MR) is 76.2 cm³/mol. The lowest BCUT2D eigenvalue weighted by Gasteiger charge is -1.99. The average Bonchev–Trinajstić information content (AvgIpc) is 2.85. The summed E-state index contributed by atoms with van der Waals surface area (Å²) in [6.07, 6.45) is 1.74. The van der Waals surface area contributed by atoms with Gasteiger partial charge in [-0.05, 0) is 18.9 Å². The molecule has 1 heterocycles. The summed E-state index contributed by atoms with van der Waals surface area (Å²) in [5.41, 5.74) is 7.75. The Morgan fingerprint density at radius 3 is 2.68 bits per heavy atom. The van der Waals surface area contributed by atoms with Crippen molar-refractivity contribution in [1.82, 2.24) is 10.2 Å². The van der Waals surface area contributed by atoms with E-state index in [0.29, 0.717) is 5.13 Å². The Balaban J connectivity index is 1.89. The molecule has 1 aromatic carbocycles. The van der Waals surface area contributed by atoms with Gasteiger partial charge in [-0.15, -0.1) is 10.2 Å². The van der Waals surface area contributed by atoms with Crippen molar-refractivity contribution in [3.8, 4) is 0 Å². The van der Waals surface area contributed by atoms with Crippen molar-refractivity contribution < 1.29 is 4.79 Å². The zero-order valence-corrected chi connectivity index (χ0v) is 11.5. The van der Waals surface area contributed by atoms with E-state index in [0.717, 1.165) is 17.8 Å². The molecular formula is C13H16N4OS. The highest BCUT2D eigenvalue weighted by molar-refractivity contribution is 7.15. The molecule has 0 saturated heterocycles. The van der Waals surface area contributed by atoms with E-state index in [1.807, 2.05) is 0 Å². The lowest BCUT2D eigenvalue weighted by Crippen LogP contribution is -2.21. The summed E-state index contributed by atoms with van der Waals surface area (Å²) in [4.78, 5) is 11.1. The first-order valence-electron chi connectivity index (χ1n) is 6.05. The van der Waals surface area contributed by atoms with Crippen LogP contribution in [0.4, 0.5) is 5.13 Å². The molecule has 0 atom stereocenters. The number of anilines is 1. The summed E-state index contributed by atoms with van der Waals surface area (Å²) in [6.45, 7) is 2.03. The number of hydrogen-bond acceptors (Lipinski definition) is 5. The Labute approximate surface area is 115 Å². The SMILES string of the molecule is Cc1ccc(CCc2nnc(NC(=O)CN)s2)cc1. The van der Waals surface area contributed by atoms with Gasteiger partial charge < -0.3 is 5.73 Å². The van der Waals surface area contributed by atoms with Crippen molar-refractivity contribution in [2.24, 2.45) is 5.73 Å². The van der Waals surface area contributed by atoms with Crippen molar-refractivity contribution in [3.63, 3.8) is 0 Å². The molecule has 3 N–H and O–H groups in total. The topological polar surface area (TPSA) is 80.9 Å². The highest BCUT2D eigenvalue weighted by Crippen LogP contribution is 2.17. The number of rotatable bonds is 5. The number of hydrogen-bond donors (Lipinski definition) is 2. The third kappa shape index (κ3) is 4.11. The van der Waals surface area contributed by atoms with Crippen molar-refractivity contribution in [1.29, 1.82) is 0 Å². The van der Waals surface area contributed by atoms with Crippen LogP contribution in [0.2, 0.25) is 0 Å². The van der Waals surface area contributed by atoms with E-state index < -0.39 is 0 Å². The number of carbonyl (C=O) groups is 1. The van der Waals surface area contributed by atoms with Crippen LogP contribution in [0, 0.1) is 6.92 Å². The number of aromatic nitrogens is 2. The average molecular weight is 276 g/mol. The van der Waals surface area contributed by atoms with Gasteiger partial charge in [0.25, 0.3) is 0 Å². The molecule has 0 fully saturated rings. The molecule has 2 rings (SSSR count). The molecule has 0 aliphatic rings. The maximum atomic E-state index is 11.1. The second kappa shape index (κ2) is 6.40. The first-order chi connectivity index (χ1) is 9.17. The molecule has 0 unspecified atom stereocenters. The number of carbonyl (C=O) groups excluding carboxylic acids is 1. The fourth-order valence-corrected chi connectivity index (χ4v) is 2.34. The smallest absolute Gasteiger partial charge is 0.239 e. The van der Waals surface area contributed by atoms with E-state index in [2.05, 4.69) is 46.7 Å². The third-order valence-corrected chi connectivity index (χ3v) is 3.55. The van der Waals surface area contributed by atoms with Crippen LogP contribution in [0.3, 0.4) is 0 Å². The zero-order chi connectivity index (χ0) is 13.7. The van der Waals surface area contributed by atoms with Gasteiger partial charge in [0, 0.05) is 6.42 Å². The predicted octanol–water partition coefficient (Wildman–Crippen LogP) is 1.53. The van der Waals surface area contributed by atoms with E-state index in [4.69, 9.17) is 5.73 Å². The highest BCUT2D eigenvalue weighted by Gasteiger charge is 2.06. The number of aryl methyl sites for hydroxylation is 3. The van der Waals surface area contributed by atoms with Crippen LogP contribution in [0.1, 0.15) is 16.1 Å². The Kier molecular flexibility index (Phi) is 4.59. The zero-order valence-electron chi connectivity index (χ0n) is 10.7. The van der Waals surface area contributed by atoms with Crippen LogP contribution in [0.5, 0.6) is 0 Å². The first kappa shape index (κ1) is 13.6. The minimum absolute atomic E-state index is 0.0434. The second-order valence-electron chi connectivity index (χ2n) is 4.24. The molecule has 0 aliphatic carbocycles. The maximum absolute atomic E-state index is 11.1. The Morgan fingerprint density at radius 1 is 1.26 bits per heavy atom. The third-order valence-electron chi connectivity index (χ3n) is 2.65. The van der Waals surface area contributed by atoms with E-state index in [-0.39, 0.29) is 12.5 Å². The van der Waals surface area contributed by atoms with Gasteiger partial charge in [0.15, 0.2) is 0 Å². The molecule has 2 aromatic rings. The van der Waals surface area contributed by atoms with Crippen molar-refractivity contribution in [2.75, 3.05) is 11.9 Å². The fourth-order valence-electron chi connectivity index (χ4n) is 1.58. The summed E-state index contributed by atoms with van der Waals surface area (Å²) in [5.74, 6) is -0.249. The molecule has 19 heavy (non-hydrogen) atoms. The molecule has 0 bridgehead atoms. The molecule has 0 aliphatic heterocycles. The van der Waals surface area contributed by atoms with E-state index >= 15 is 0 Å². The van der Waals surface area contributed by atoms with Crippen molar-refractivity contribution in [3.05, 3.63) is 40.4 Å². The van der Waals surface area contributed by atoms with E-state index in [1.165, 1.54) is 22.5 Å². The lowest BCUT2D eigenvalue weighted by atomic mass is 10.1. The largest absolute Gasteiger partial charge is 0.322 e. The monoisotopic (exact) mass is 276 g/mol. The molecule has 0 spiro atoms. The molecule has 0 radical (unpaired) electrons. The highest BCUT2D eigenvalue weighted by atomic mass is 32.1. The number of amides is 1. The molecule has 1 aromatic heterocycles. The molecule has 1 amide bonds. The summed E-state index contributed by atoms with van der Waals surface area (Å²) in [5, 5.41) is 12.0. The summed E-state index contributed by atoms with van der Waals surface area (Å²) < 4.78 is 0. The van der Waals surface area contributed by atoms with Gasteiger partial charge in [-0.1, -0.05) is 41.2 Å². The molecule has 100 valence electrons. The summed E-state index contributed by atoms with van der Waals surface area (Å²) in [6, 6.07) is 8.44. The minimum atomic E-state index is -0.249. The first-order valence-corrected chi connectivity index (χ1v) is 6.87. The van der Waals surface area contributed by atoms with Gasteiger partial charge >= 0.3 is 0 Å². The summed E-state index contributed by atoms with van der Waals surface area (Å²) in [7, 11) is 0. The van der Waals surface area contributed by atoms with Crippen LogP contribution in [-0.2, 0) is 17.6 Å². The van der Waals surface area contributed by atoms with Crippen LogP contribution in [0.25, 0.3) is 0 Å². The normalized spacial score (nSPS) is 10.4. The minimum Gasteiger partial charge on any atom is -0.322 e. The Hall–Kier alpha value is -1.79. The second-order valence-corrected chi connectivity index (χ2v) is 5.30. The Bertz CT molecular complexity index is 550. The van der Waals surface area contributed by atoms with Gasteiger partial charge in [0.2, 0.25) is 11.0 Å². The molecular weight excluding hydrogens is 260 g/mol. The number of nitrogens with two attached hydrogens (primary N) is 1. The van der Waals surface area contributed by atoms with Gasteiger partial charge in [-0.2, -0.15) is 0 Å². The maximum Gasteiger partial charge on any atom is 0.239 e. The van der Waals surface area contributed by atoms with Gasteiger partial charge in [0.05, 0.1) is 6.54 Å².